The van der Waals surface area contributed by atoms with Crippen LogP contribution in [0.4, 0.5) is 4.39 Å². The number of aromatic amines is 1. The van der Waals surface area contributed by atoms with Gasteiger partial charge in [0.1, 0.15) is 11.5 Å². The topological polar surface area (TPSA) is 109 Å². The summed E-state index contributed by atoms with van der Waals surface area (Å²) in [5, 5.41) is 18.3. The van der Waals surface area contributed by atoms with Gasteiger partial charge in [-0.25, -0.2) is 9.37 Å². The number of nitrogens with one attached hydrogen (secondary N) is 2. The number of carbonyl (C=O) groups is 1. The summed E-state index contributed by atoms with van der Waals surface area (Å²) in [7, 11) is 1.84. The molecule has 9 heteroatoms. The number of aliphatic hydroxyl groups is 1. The first-order valence-electron chi connectivity index (χ1n) is 11.5. The largest absolute Gasteiger partial charge is 0.393 e. The number of hydrogen-bond acceptors (Lipinski definition) is 5. The third-order valence-corrected chi connectivity index (χ3v) is 6.64. The van der Waals surface area contributed by atoms with Gasteiger partial charge in [-0.05, 0) is 43.0 Å². The Balaban J connectivity index is 1.40. The summed E-state index contributed by atoms with van der Waals surface area (Å²) in [4.78, 5) is 24.7. The maximum atomic E-state index is 15.2. The summed E-state index contributed by atoms with van der Waals surface area (Å²) >= 11 is 0. The molecule has 0 aliphatic heterocycles. The second-order valence-corrected chi connectivity index (χ2v) is 9.06. The van der Waals surface area contributed by atoms with Crippen LogP contribution in [0.3, 0.4) is 0 Å². The fourth-order valence-electron chi connectivity index (χ4n) is 4.87. The number of carbonyl (C=O) groups excluding carboxylic acids is 1. The van der Waals surface area contributed by atoms with E-state index in [1.165, 1.54) is 6.20 Å². The number of fused-ring (bicyclic) bond motifs is 3. The van der Waals surface area contributed by atoms with E-state index in [1.807, 2.05) is 19.3 Å². The molecule has 176 valence electrons. The van der Waals surface area contributed by atoms with Crippen molar-refractivity contribution in [2.75, 3.05) is 0 Å². The van der Waals surface area contributed by atoms with Crippen LogP contribution in [0.1, 0.15) is 29.6 Å². The summed E-state index contributed by atoms with van der Waals surface area (Å²) in [5.74, 6) is -0.648. The molecule has 1 amide bonds. The van der Waals surface area contributed by atoms with Crippen molar-refractivity contribution in [3.63, 3.8) is 0 Å². The van der Waals surface area contributed by atoms with Crippen LogP contribution in [0.25, 0.3) is 44.3 Å². The predicted octanol–water partition coefficient (Wildman–Crippen LogP) is 3.96. The van der Waals surface area contributed by atoms with E-state index in [0.29, 0.717) is 40.6 Å². The number of pyridine rings is 2. The molecule has 0 spiro atoms. The summed E-state index contributed by atoms with van der Waals surface area (Å²) in [6.07, 6.45) is 8.21. The van der Waals surface area contributed by atoms with E-state index in [2.05, 4.69) is 25.4 Å². The fourth-order valence-corrected chi connectivity index (χ4v) is 4.87. The summed E-state index contributed by atoms with van der Waals surface area (Å²) in [6.45, 7) is 0. The molecule has 3 N–H and O–H groups in total. The molecule has 5 aromatic rings. The summed E-state index contributed by atoms with van der Waals surface area (Å²) < 4.78 is 16.9. The van der Waals surface area contributed by atoms with Crippen molar-refractivity contribution in [3.05, 3.63) is 66.5 Å². The molecular formula is C26H23FN6O2. The first kappa shape index (κ1) is 21.4. The van der Waals surface area contributed by atoms with Gasteiger partial charge in [0.05, 0.1) is 35.9 Å². The van der Waals surface area contributed by atoms with Crippen LogP contribution in [-0.2, 0) is 7.05 Å². The molecule has 1 aliphatic carbocycles. The maximum Gasteiger partial charge on any atom is 0.251 e. The molecule has 6 rings (SSSR count). The molecule has 0 unspecified atom stereocenters. The maximum absolute atomic E-state index is 15.2. The number of halogens is 1. The van der Waals surface area contributed by atoms with Crippen molar-refractivity contribution >= 4 is 27.8 Å². The highest BCUT2D eigenvalue weighted by Gasteiger charge is 2.24. The van der Waals surface area contributed by atoms with Crippen molar-refractivity contribution < 1.29 is 14.3 Å². The van der Waals surface area contributed by atoms with Crippen molar-refractivity contribution in [3.8, 4) is 22.4 Å². The molecule has 4 heterocycles. The van der Waals surface area contributed by atoms with Crippen molar-refractivity contribution in [1.29, 1.82) is 0 Å². The highest BCUT2D eigenvalue weighted by molar-refractivity contribution is 6.13. The Morgan fingerprint density at radius 3 is 2.69 bits per heavy atom. The van der Waals surface area contributed by atoms with Crippen molar-refractivity contribution in [1.82, 2.24) is 30.0 Å². The lowest BCUT2D eigenvalue weighted by molar-refractivity contribution is 0.0934. The van der Waals surface area contributed by atoms with E-state index in [4.69, 9.17) is 0 Å². The van der Waals surface area contributed by atoms with Crippen LogP contribution < -0.4 is 5.32 Å². The molecule has 2 atom stereocenters. The Morgan fingerprint density at radius 1 is 1.14 bits per heavy atom. The van der Waals surface area contributed by atoms with Gasteiger partial charge < -0.3 is 15.4 Å². The monoisotopic (exact) mass is 470 g/mol. The second kappa shape index (κ2) is 8.28. The summed E-state index contributed by atoms with van der Waals surface area (Å²) in [5.41, 5.74) is 4.44. The zero-order valence-electron chi connectivity index (χ0n) is 19.0. The van der Waals surface area contributed by atoms with Gasteiger partial charge >= 0.3 is 0 Å². The lowest BCUT2D eigenvalue weighted by atomic mass is 9.99. The molecule has 35 heavy (non-hydrogen) atoms. The van der Waals surface area contributed by atoms with Gasteiger partial charge in [-0.15, -0.1) is 0 Å². The number of hydrogen-bond donors (Lipinski definition) is 3. The van der Waals surface area contributed by atoms with E-state index < -0.39 is 5.82 Å². The number of aromatic nitrogens is 5. The molecule has 1 saturated carbocycles. The Bertz CT molecular complexity index is 1570. The average molecular weight is 471 g/mol. The Hall–Kier alpha value is -4.11. The molecule has 4 aromatic heterocycles. The number of aliphatic hydroxyl groups excluding tert-OH is 1. The molecule has 1 aromatic carbocycles. The number of benzene rings is 1. The number of aryl methyl sites for hydroxylation is 1. The molecule has 8 nitrogen and oxygen atoms in total. The zero-order valence-corrected chi connectivity index (χ0v) is 19.0. The van der Waals surface area contributed by atoms with E-state index in [9.17, 15) is 9.90 Å². The molecule has 1 aliphatic rings. The van der Waals surface area contributed by atoms with Crippen LogP contribution in [0.2, 0.25) is 0 Å². The van der Waals surface area contributed by atoms with E-state index in [1.54, 1.807) is 41.3 Å². The lowest BCUT2D eigenvalue weighted by Crippen LogP contribution is -2.33. The number of nitrogens with zero attached hydrogens (tertiary/aromatic N) is 4. The van der Waals surface area contributed by atoms with Gasteiger partial charge in [0.2, 0.25) is 0 Å². The number of H-pyrrole nitrogens is 1. The van der Waals surface area contributed by atoms with Gasteiger partial charge in [0.15, 0.2) is 0 Å². The number of amides is 1. The first-order chi connectivity index (χ1) is 17.0. The minimum absolute atomic E-state index is 0.0247. The zero-order chi connectivity index (χ0) is 24.1. The minimum Gasteiger partial charge on any atom is -0.393 e. The van der Waals surface area contributed by atoms with Gasteiger partial charge in [0.25, 0.3) is 5.91 Å². The lowest BCUT2D eigenvalue weighted by Gasteiger charge is -2.13. The van der Waals surface area contributed by atoms with Crippen LogP contribution in [0.15, 0.2) is 55.1 Å². The third kappa shape index (κ3) is 3.83. The SMILES string of the molecule is Cn1cc(-c2cc3c(cn2)[nH]c2ncc(F)c(-c4ccc(C(=O)N[C@H]5CC[C@H](O)C5)cc4)c23)cn1. The van der Waals surface area contributed by atoms with Crippen LogP contribution in [-0.4, -0.2) is 47.9 Å². The molecule has 1 fully saturated rings. The van der Waals surface area contributed by atoms with Gasteiger partial charge in [-0.3, -0.25) is 14.5 Å². The Labute approximate surface area is 199 Å². The fraction of sp³-hybridized carbons (Fsp3) is 0.231. The third-order valence-electron chi connectivity index (χ3n) is 6.64. The van der Waals surface area contributed by atoms with Gasteiger partial charge in [-0.2, -0.15) is 5.10 Å². The van der Waals surface area contributed by atoms with Crippen LogP contribution in [0, 0.1) is 5.82 Å². The first-order valence-corrected chi connectivity index (χ1v) is 11.5. The quantitative estimate of drug-likeness (QED) is 0.368. The van der Waals surface area contributed by atoms with Gasteiger partial charge in [-0.1, -0.05) is 12.1 Å². The molecule has 0 bridgehead atoms. The average Bonchev–Trinajstić information content (AvgIpc) is 3.57. The van der Waals surface area contributed by atoms with E-state index in [0.717, 1.165) is 28.6 Å². The van der Waals surface area contributed by atoms with Crippen LogP contribution >= 0.6 is 0 Å². The Kier molecular flexibility index (Phi) is 5.07. The normalized spacial score (nSPS) is 17.9. The summed E-state index contributed by atoms with van der Waals surface area (Å²) in [6, 6.07) is 8.77. The predicted molar refractivity (Wildman–Crippen MR) is 130 cm³/mol. The van der Waals surface area contributed by atoms with Crippen LogP contribution in [0.5, 0.6) is 0 Å². The van der Waals surface area contributed by atoms with Crippen molar-refractivity contribution in [2.45, 2.75) is 31.4 Å². The standard InChI is InChI=1S/C26H23FN6O2/c1-33-13-16(10-30-33)21-9-19-22(12-28-21)32-25-24(19)23(20(27)11-29-25)14-2-4-15(5-3-14)26(35)31-17-6-7-18(34)8-17/h2-5,9-13,17-18,34H,6-8H2,1H3,(H,29,32)(H,31,35)/t17-,18-/m0/s1. The smallest absolute Gasteiger partial charge is 0.251 e. The van der Waals surface area contributed by atoms with E-state index in [-0.39, 0.29) is 18.1 Å². The van der Waals surface area contributed by atoms with Crippen molar-refractivity contribution in [2.24, 2.45) is 7.05 Å². The molecule has 0 radical (unpaired) electrons. The minimum atomic E-state index is -0.449. The molecular weight excluding hydrogens is 447 g/mol. The second-order valence-electron chi connectivity index (χ2n) is 9.06. The Morgan fingerprint density at radius 2 is 1.97 bits per heavy atom. The number of rotatable bonds is 4. The highest BCUT2D eigenvalue weighted by Crippen LogP contribution is 2.36. The van der Waals surface area contributed by atoms with Gasteiger partial charge in [0, 0.05) is 46.7 Å². The van der Waals surface area contributed by atoms with E-state index >= 15 is 4.39 Å². The molecule has 0 saturated heterocycles. The highest BCUT2D eigenvalue weighted by atomic mass is 19.1.